The highest BCUT2D eigenvalue weighted by molar-refractivity contribution is 5.77. The first kappa shape index (κ1) is 15.6. The van der Waals surface area contributed by atoms with E-state index in [4.69, 9.17) is 9.47 Å². The van der Waals surface area contributed by atoms with Crippen molar-refractivity contribution in [2.75, 3.05) is 19.8 Å². The summed E-state index contributed by atoms with van der Waals surface area (Å²) in [6.45, 7) is 1.38. The van der Waals surface area contributed by atoms with E-state index in [2.05, 4.69) is 17.4 Å². The maximum Gasteiger partial charge on any atom is 0.257 e. The summed E-state index contributed by atoms with van der Waals surface area (Å²) in [5.41, 5.74) is 1.17. The van der Waals surface area contributed by atoms with Gasteiger partial charge in [0.05, 0.1) is 6.10 Å². The van der Waals surface area contributed by atoms with Crippen LogP contribution in [0.1, 0.15) is 18.1 Å². The molecule has 1 aliphatic heterocycles. The number of amides is 1. The number of hydrogen-bond donors (Lipinski definition) is 1. The third-order valence-electron chi connectivity index (χ3n) is 4.02. The van der Waals surface area contributed by atoms with E-state index in [0.717, 1.165) is 13.0 Å². The first-order valence-corrected chi connectivity index (χ1v) is 7.94. The van der Waals surface area contributed by atoms with Crippen LogP contribution in [0.5, 0.6) is 5.75 Å². The summed E-state index contributed by atoms with van der Waals surface area (Å²) in [7, 11) is 0. The molecular formula is C19H21NO3. The maximum atomic E-state index is 11.9. The third kappa shape index (κ3) is 4.33. The Kier molecular flexibility index (Phi) is 5.27. The van der Waals surface area contributed by atoms with Crippen LogP contribution in [-0.4, -0.2) is 25.7 Å². The highest BCUT2D eigenvalue weighted by Gasteiger charge is 2.29. The minimum atomic E-state index is -0.104. The van der Waals surface area contributed by atoms with E-state index >= 15 is 0 Å². The lowest BCUT2D eigenvalue weighted by atomic mass is 9.95. The van der Waals surface area contributed by atoms with Crippen LogP contribution in [0.3, 0.4) is 0 Å². The Morgan fingerprint density at radius 1 is 1.09 bits per heavy atom. The van der Waals surface area contributed by atoms with Crippen LogP contribution < -0.4 is 10.1 Å². The van der Waals surface area contributed by atoms with Gasteiger partial charge in [-0.1, -0.05) is 48.5 Å². The maximum absolute atomic E-state index is 11.9. The van der Waals surface area contributed by atoms with E-state index in [-0.39, 0.29) is 18.6 Å². The second kappa shape index (κ2) is 7.79. The van der Waals surface area contributed by atoms with Crippen molar-refractivity contribution >= 4 is 5.91 Å². The van der Waals surface area contributed by atoms with E-state index in [1.165, 1.54) is 5.56 Å². The van der Waals surface area contributed by atoms with Gasteiger partial charge >= 0.3 is 0 Å². The Labute approximate surface area is 136 Å². The molecule has 4 heteroatoms. The summed E-state index contributed by atoms with van der Waals surface area (Å²) in [5.74, 6) is 0.902. The van der Waals surface area contributed by atoms with Crippen LogP contribution in [0, 0.1) is 5.92 Å². The molecule has 0 aromatic heterocycles. The molecule has 2 aromatic rings. The van der Waals surface area contributed by atoms with Gasteiger partial charge in [0, 0.05) is 19.1 Å². The van der Waals surface area contributed by atoms with Gasteiger partial charge in [-0.15, -0.1) is 0 Å². The van der Waals surface area contributed by atoms with Crippen molar-refractivity contribution < 1.29 is 14.3 Å². The van der Waals surface area contributed by atoms with Crippen LogP contribution in [0.4, 0.5) is 0 Å². The topological polar surface area (TPSA) is 47.6 Å². The molecular weight excluding hydrogens is 290 g/mol. The molecule has 0 spiro atoms. The van der Waals surface area contributed by atoms with Gasteiger partial charge in [0.15, 0.2) is 6.61 Å². The first-order valence-electron chi connectivity index (χ1n) is 7.94. The molecule has 120 valence electrons. The summed E-state index contributed by atoms with van der Waals surface area (Å²) < 4.78 is 11.3. The number of carbonyl (C=O) groups excluding carboxylic acids is 1. The van der Waals surface area contributed by atoms with Crippen molar-refractivity contribution in [3.63, 3.8) is 0 Å². The van der Waals surface area contributed by atoms with Crippen LogP contribution in [0.15, 0.2) is 60.7 Å². The molecule has 1 saturated heterocycles. The van der Waals surface area contributed by atoms with Gasteiger partial charge in [-0.2, -0.15) is 0 Å². The van der Waals surface area contributed by atoms with Gasteiger partial charge < -0.3 is 14.8 Å². The number of hydrogen-bond acceptors (Lipinski definition) is 3. The minimum absolute atomic E-state index is 0.0353. The lowest BCUT2D eigenvalue weighted by molar-refractivity contribution is -0.123. The molecule has 0 aliphatic carbocycles. The van der Waals surface area contributed by atoms with Crippen molar-refractivity contribution in [1.82, 2.24) is 5.32 Å². The molecule has 0 saturated carbocycles. The molecule has 0 unspecified atom stereocenters. The Balaban J connectivity index is 1.46. The quantitative estimate of drug-likeness (QED) is 0.892. The lowest BCUT2D eigenvalue weighted by Crippen LogP contribution is -2.34. The van der Waals surface area contributed by atoms with Gasteiger partial charge in [-0.05, 0) is 24.1 Å². The fourth-order valence-corrected chi connectivity index (χ4v) is 2.82. The zero-order valence-electron chi connectivity index (χ0n) is 13.0. The fourth-order valence-electron chi connectivity index (χ4n) is 2.82. The van der Waals surface area contributed by atoms with Gasteiger partial charge in [-0.3, -0.25) is 4.79 Å². The second-order valence-electron chi connectivity index (χ2n) is 5.66. The first-order chi connectivity index (χ1) is 11.3. The Morgan fingerprint density at radius 2 is 1.78 bits per heavy atom. The Bertz CT molecular complexity index is 615. The smallest absolute Gasteiger partial charge is 0.257 e. The molecule has 1 fully saturated rings. The van der Waals surface area contributed by atoms with Crippen molar-refractivity contribution in [1.29, 1.82) is 0 Å². The highest BCUT2D eigenvalue weighted by Crippen LogP contribution is 2.33. The van der Waals surface area contributed by atoms with Crippen molar-refractivity contribution in [3.8, 4) is 5.75 Å². The average molecular weight is 311 g/mol. The molecule has 3 rings (SSSR count). The third-order valence-corrected chi connectivity index (χ3v) is 4.02. The van der Waals surface area contributed by atoms with Crippen molar-refractivity contribution in [3.05, 3.63) is 66.2 Å². The molecule has 23 heavy (non-hydrogen) atoms. The van der Waals surface area contributed by atoms with E-state index < -0.39 is 0 Å². The van der Waals surface area contributed by atoms with Crippen molar-refractivity contribution in [2.45, 2.75) is 12.5 Å². The van der Waals surface area contributed by atoms with Gasteiger partial charge in [0.1, 0.15) is 5.75 Å². The zero-order chi connectivity index (χ0) is 15.9. The molecule has 2 atom stereocenters. The summed E-state index contributed by atoms with van der Waals surface area (Å²) >= 11 is 0. The van der Waals surface area contributed by atoms with Crippen molar-refractivity contribution in [2.24, 2.45) is 5.92 Å². The summed E-state index contributed by atoms with van der Waals surface area (Å²) in [6, 6.07) is 19.5. The highest BCUT2D eigenvalue weighted by atomic mass is 16.5. The average Bonchev–Trinajstić information content (AvgIpc) is 3.08. The normalized spacial score (nSPS) is 20.2. The van der Waals surface area contributed by atoms with E-state index in [0.29, 0.717) is 18.2 Å². The molecule has 1 aliphatic rings. The van der Waals surface area contributed by atoms with Crippen LogP contribution >= 0.6 is 0 Å². The molecule has 0 bridgehead atoms. The number of benzene rings is 2. The molecule has 2 aromatic carbocycles. The molecule has 1 N–H and O–H groups in total. The molecule has 1 heterocycles. The summed E-state index contributed by atoms with van der Waals surface area (Å²) in [4.78, 5) is 11.9. The largest absolute Gasteiger partial charge is 0.484 e. The predicted octanol–water partition coefficient (Wildman–Crippen LogP) is 2.96. The predicted molar refractivity (Wildman–Crippen MR) is 88.2 cm³/mol. The van der Waals surface area contributed by atoms with E-state index in [9.17, 15) is 4.79 Å². The Morgan fingerprint density at radius 3 is 2.52 bits per heavy atom. The monoisotopic (exact) mass is 311 g/mol. The zero-order valence-corrected chi connectivity index (χ0v) is 13.0. The van der Waals surface area contributed by atoms with Gasteiger partial charge in [0.25, 0.3) is 5.91 Å². The summed E-state index contributed by atoms with van der Waals surface area (Å²) in [6.07, 6.45) is 1.02. The molecule has 4 nitrogen and oxygen atoms in total. The number of rotatable bonds is 6. The van der Waals surface area contributed by atoms with Crippen LogP contribution in [-0.2, 0) is 9.53 Å². The number of ether oxygens (including phenoxy) is 2. The SMILES string of the molecule is O=C(COc1ccccc1)NC[C@@H]1CCO[C@H]1c1ccccc1. The number of para-hydroxylation sites is 1. The second-order valence-corrected chi connectivity index (χ2v) is 5.66. The Hall–Kier alpha value is -2.33. The molecule has 1 amide bonds. The van der Waals surface area contributed by atoms with Crippen LogP contribution in [0.2, 0.25) is 0 Å². The number of carbonyl (C=O) groups is 1. The summed E-state index contributed by atoms with van der Waals surface area (Å²) in [5, 5.41) is 2.95. The fraction of sp³-hybridized carbons (Fsp3) is 0.316. The van der Waals surface area contributed by atoms with Crippen LogP contribution in [0.25, 0.3) is 0 Å². The minimum Gasteiger partial charge on any atom is -0.484 e. The number of nitrogens with one attached hydrogen (secondary N) is 1. The van der Waals surface area contributed by atoms with Gasteiger partial charge in [-0.25, -0.2) is 0 Å². The standard InChI is InChI=1S/C19H21NO3/c21-18(14-23-17-9-5-2-6-10-17)20-13-16-11-12-22-19(16)15-7-3-1-4-8-15/h1-10,16,19H,11-14H2,(H,20,21)/t16-,19-/m0/s1. The molecule has 0 radical (unpaired) electrons. The van der Waals surface area contributed by atoms with Gasteiger partial charge in [0.2, 0.25) is 0 Å². The van der Waals surface area contributed by atoms with E-state index in [1.54, 1.807) is 0 Å². The lowest BCUT2D eigenvalue weighted by Gasteiger charge is -2.19. The van der Waals surface area contributed by atoms with E-state index in [1.807, 2.05) is 48.5 Å².